The Bertz CT molecular complexity index is 1070. The van der Waals surface area contributed by atoms with Crippen LogP contribution in [-0.4, -0.2) is 29.2 Å². The second kappa shape index (κ2) is 8.83. The number of aromatic nitrogens is 2. The van der Waals surface area contributed by atoms with Crippen molar-refractivity contribution in [2.75, 3.05) is 7.11 Å². The van der Waals surface area contributed by atoms with E-state index in [4.69, 9.17) is 18.7 Å². The lowest BCUT2D eigenvalue weighted by Crippen LogP contribution is -2.02. The molecule has 0 aliphatic heterocycles. The Kier molecular flexibility index (Phi) is 6.03. The van der Waals surface area contributed by atoms with Gasteiger partial charge in [0.05, 0.1) is 12.7 Å². The van der Waals surface area contributed by atoms with Gasteiger partial charge in [-0.25, -0.2) is 0 Å². The van der Waals surface area contributed by atoms with E-state index in [2.05, 4.69) is 10.1 Å². The fourth-order valence-electron chi connectivity index (χ4n) is 2.50. The smallest absolute Gasteiger partial charge is 0.308 e. The summed E-state index contributed by atoms with van der Waals surface area (Å²) in [5.74, 6) is 0.783. The van der Waals surface area contributed by atoms with Gasteiger partial charge in [-0.2, -0.15) is 4.98 Å². The van der Waals surface area contributed by atoms with Crippen LogP contribution < -0.4 is 14.2 Å². The molecule has 0 atom stereocenters. The molecule has 3 aromatic rings. The van der Waals surface area contributed by atoms with E-state index >= 15 is 0 Å². The molecule has 8 heteroatoms. The zero-order chi connectivity index (χ0) is 20.8. The maximum atomic E-state index is 11.3. The molecule has 0 N–H and O–H groups in total. The lowest BCUT2D eigenvalue weighted by atomic mass is 10.2. The minimum Gasteiger partial charge on any atom is -0.493 e. The van der Waals surface area contributed by atoms with E-state index in [9.17, 15) is 9.59 Å². The Balaban J connectivity index is 1.81. The molecule has 0 radical (unpaired) electrons. The van der Waals surface area contributed by atoms with E-state index in [0.29, 0.717) is 28.6 Å². The average Bonchev–Trinajstić information content (AvgIpc) is 3.15. The quantitative estimate of drug-likeness (QED) is 0.460. The number of hydrogen-bond donors (Lipinski definition) is 0. The van der Waals surface area contributed by atoms with Crippen molar-refractivity contribution >= 4 is 24.1 Å². The molecule has 2 aromatic carbocycles. The molecule has 0 bridgehead atoms. The van der Waals surface area contributed by atoms with Crippen LogP contribution in [-0.2, 0) is 9.59 Å². The summed E-state index contributed by atoms with van der Waals surface area (Å²) >= 11 is 0. The first-order valence-corrected chi connectivity index (χ1v) is 8.62. The molecule has 1 heterocycles. The van der Waals surface area contributed by atoms with Gasteiger partial charge in [-0.3, -0.25) is 9.59 Å². The van der Waals surface area contributed by atoms with Gasteiger partial charge >= 0.3 is 11.9 Å². The molecule has 0 amide bonds. The molecular formula is C21H18N2O6. The fraction of sp³-hybridized carbons (Fsp3) is 0.143. The number of carbonyl (C=O) groups is 2. The second-order valence-corrected chi connectivity index (χ2v) is 5.88. The van der Waals surface area contributed by atoms with Crippen molar-refractivity contribution in [2.45, 2.75) is 13.8 Å². The SMILES string of the molecule is COc1cc(/C=C/c2noc(-c3ccccc3OC(C)=O)n2)ccc1OC(C)=O. The lowest BCUT2D eigenvalue weighted by molar-refractivity contribution is -0.132. The minimum absolute atomic E-state index is 0.226. The zero-order valence-electron chi connectivity index (χ0n) is 16.0. The summed E-state index contributed by atoms with van der Waals surface area (Å²) in [4.78, 5) is 26.7. The molecule has 148 valence electrons. The van der Waals surface area contributed by atoms with Crippen molar-refractivity contribution in [3.05, 3.63) is 53.9 Å². The monoisotopic (exact) mass is 394 g/mol. The summed E-state index contributed by atoms with van der Waals surface area (Å²) in [5.41, 5.74) is 1.30. The minimum atomic E-state index is -0.441. The van der Waals surface area contributed by atoms with Gasteiger partial charge < -0.3 is 18.7 Å². The van der Waals surface area contributed by atoms with E-state index in [1.807, 2.05) is 0 Å². The van der Waals surface area contributed by atoms with Crippen LogP contribution >= 0.6 is 0 Å². The van der Waals surface area contributed by atoms with E-state index in [-0.39, 0.29) is 5.89 Å². The molecule has 0 unspecified atom stereocenters. The number of benzene rings is 2. The van der Waals surface area contributed by atoms with Gasteiger partial charge in [0.25, 0.3) is 5.89 Å². The Morgan fingerprint density at radius 2 is 1.66 bits per heavy atom. The van der Waals surface area contributed by atoms with E-state index in [1.54, 1.807) is 54.6 Å². The molecule has 29 heavy (non-hydrogen) atoms. The Morgan fingerprint density at radius 3 is 2.38 bits per heavy atom. The first-order chi connectivity index (χ1) is 14.0. The van der Waals surface area contributed by atoms with Gasteiger partial charge in [0.1, 0.15) is 5.75 Å². The molecule has 0 saturated carbocycles. The largest absolute Gasteiger partial charge is 0.493 e. The summed E-state index contributed by atoms with van der Waals surface area (Å²) in [6.07, 6.45) is 3.41. The summed E-state index contributed by atoms with van der Waals surface area (Å²) < 4.78 is 20.8. The number of nitrogens with zero attached hydrogens (tertiary/aromatic N) is 2. The number of rotatable bonds is 6. The van der Waals surface area contributed by atoms with Gasteiger partial charge in [0.2, 0.25) is 0 Å². The van der Waals surface area contributed by atoms with Crippen molar-refractivity contribution in [3.63, 3.8) is 0 Å². The maximum Gasteiger partial charge on any atom is 0.308 e. The van der Waals surface area contributed by atoms with Crippen LogP contribution in [0.1, 0.15) is 25.2 Å². The van der Waals surface area contributed by atoms with E-state index in [1.165, 1.54) is 21.0 Å². The third-order valence-corrected chi connectivity index (χ3v) is 3.68. The highest BCUT2D eigenvalue weighted by molar-refractivity contribution is 5.75. The highest BCUT2D eigenvalue weighted by Gasteiger charge is 2.14. The highest BCUT2D eigenvalue weighted by atomic mass is 16.6. The number of para-hydroxylation sites is 1. The number of hydrogen-bond acceptors (Lipinski definition) is 8. The number of ether oxygens (including phenoxy) is 3. The summed E-state index contributed by atoms with van der Waals surface area (Å²) in [5, 5.41) is 3.91. The number of esters is 2. The van der Waals surface area contributed by atoms with Crippen LogP contribution in [0.3, 0.4) is 0 Å². The van der Waals surface area contributed by atoms with Gasteiger partial charge in [-0.15, -0.1) is 0 Å². The average molecular weight is 394 g/mol. The van der Waals surface area contributed by atoms with E-state index < -0.39 is 11.9 Å². The topological polar surface area (TPSA) is 101 Å². The fourth-order valence-corrected chi connectivity index (χ4v) is 2.50. The molecule has 0 fully saturated rings. The van der Waals surface area contributed by atoms with Crippen LogP contribution in [0.2, 0.25) is 0 Å². The lowest BCUT2D eigenvalue weighted by Gasteiger charge is -2.08. The van der Waals surface area contributed by atoms with E-state index in [0.717, 1.165) is 5.56 Å². The third kappa shape index (κ3) is 5.07. The molecule has 0 spiro atoms. The first kappa shape index (κ1) is 19.8. The molecule has 0 aliphatic rings. The summed E-state index contributed by atoms with van der Waals surface area (Å²) in [6.45, 7) is 2.64. The van der Waals surface area contributed by atoms with Crippen LogP contribution in [0.15, 0.2) is 47.0 Å². The number of carbonyl (C=O) groups excluding carboxylic acids is 2. The predicted molar refractivity (Wildman–Crippen MR) is 104 cm³/mol. The summed E-state index contributed by atoms with van der Waals surface area (Å²) in [7, 11) is 1.49. The molecule has 0 aliphatic carbocycles. The Morgan fingerprint density at radius 1 is 0.931 bits per heavy atom. The van der Waals surface area contributed by atoms with Crippen LogP contribution in [0.4, 0.5) is 0 Å². The van der Waals surface area contributed by atoms with Crippen LogP contribution in [0.25, 0.3) is 23.6 Å². The Hall–Kier alpha value is -3.94. The van der Waals surface area contributed by atoms with Crippen molar-refractivity contribution in [3.8, 4) is 28.7 Å². The normalized spacial score (nSPS) is 10.7. The van der Waals surface area contributed by atoms with Crippen molar-refractivity contribution in [1.82, 2.24) is 10.1 Å². The first-order valence-electron chi connectivity index (χ1n) is 8.62. The maximum absolute atomic E-state index is 11.3. The standard InChI is InChI=1S/C21H18N2O6/c1-13(24)27-17-7-5-4-6-16(17)21-22-20(23-29-21)11-9-15-8-10-18(28-14(2)25)19(12-15)26-3/h4-12H,1-3H3/b11-9+. The van der Waals surface area contributed by atoms with Crippen molar-refractivity contribution < 1.29 is 28.3 Å². The van der Waals surface area contributed by atoms with Gasteiger partial charge in [0, 0.05) is 13.8 Å². The van der Waals surface area contributed by atoms with Gasteiger partial charge in [0.15, 0.2) is 17.3 Å². The van der Waals surface area contributed by atoms with Crippen LogP contribution in [0.5, 0.6) is 17.2 Å². The zero-order valence-corrected chi connectivity index (χ0v) is 16.0. The second-order valence-electron chi connectivity index (χ2n) is 5.88. The molecule has 0 saturated heterocycles. The van der Waals surface area contributed by atoms with Crippen LogP contribution in [0, 0.1) is 0 Å². The Labute approximate surface area is 166 Å². The molecule has 3 rings (SSSR count). The van der Waals surface area contributed by atoms with Crippen molar-refractivity contribution in [1.29, 1.82) is 0 Å². The van der Waals surface area contributed by atoms with Crippen molar-refractivity contribution in [2.24, 2.45) is 0 Å². The predicted octanol–water partition coefficient (Wildman–Crippen LogP) is 3.77. The summed E-state index contributed by atoms with van der Waals surface area (Å²) in [6, 6.07) is 12.0. The van der Waals surface area contributed by atoms with Gasteiger partial charge in [-0.1, -0.05) is 29.4 Å². The highest BCUT2D eigenvalue weighted by Crippen LogP contribution is 2.30. The number of methoxy groups -OCH3 is 1. The molecule has 8 nitrogen and oxygen atoms in total. The molecule has 1 aromatic heterocycles. The molecular weight excluding hydrogens is 376 g/mol. The third-order valence-electron chi connectivity index (χ3n) is 3.68. The van der Waals surface area contributed by atoms with Gasteiger partial charge in [-0.05, 0) is 35.9 Å².